The monoisotopic (exact) mass is 195 g/mol. The quantitative estimate of drug-likeness (QED) is 0.736. The van der Waals surface area contributed by atoms with Crippen molar-refractivity contribution in [2.75, 3.05) is 0 Å². The van der Waals surface area contributed by atoms with Crippen LogP contribution in [0.25, 0.3) is 0 Å². The van der Waals surface area contributed by atoms with Crippen LogP contribution in [0.1, 0.15) is 51.9 Å². The number of hydrogen-bond donors (Lipinski definition) is 1. The average molecular weight is 195 g/mol. The first-order valence-corrected chi connectivity index (χ1v) is 6.10. The molecular weight excluding hydrogens is 174 g/mol. The Labute approximate surface area is 86.5 Å². The van der Waals surface area contributed by atoms with Gasteiger partial charge in [-0.25, -0.2) is 0 Å². The van der Waals surface area contributed by atoms with Gasteiger partial charge in [-0.3, -0.25) is 4.79 Å². The van der Waals surface area contributed by atoms with Crippen molar-refractivity contribution < 1.29 is 4.79 Å². The van der Waals surface area contributed by atoms with Crippen LogP contribution < -0.4 is 5.32 Å². The average Bonchev–Trinajstić information content (AvgIpc) is 3.02. The molecule has 2 heteroatoms. The van der Waals surface area contributed by atoms with Gasteiger partial charge < -0.3 is 5.32 Å². The van der Waals surface area contributed by atoms with Crippen LogP contribution in [0.4, 0.5) is 0 Å². The van der Waals surface area contributed by atoms with Gasteiger partial charge in [-0.15, -0.1) is 0 Å². The van der Waals surface area contributed by atoms with Crippen molar-refractivity contribution in [2.45, 2.75) is 57.9 Å². The number of carbonyl (C=O) groups excluding carboxylic acids is 1. The number of nitrogens with one attached hydrogen (secondary N) is 1. The van der Waals surface area contributed by atoms with E-state index in [1.54, 1.807) is 0 Å². The fourth-order valence-electron chi connectivity index (χ4n) is 2.38. The second-order valence-corrected chi connectivity index (χ2v) is 4.91. The molecule has 0 aromatic rings. The fraction of sp³-hybridized carbons (Fsp3) is 0.917. The lowest BCUT2D eigenvalue weighted by Crippen LogP contribution is -2.38. The molecule has 0 saturated heterocycles. The topological polar surface area (TPSA) is 29.1 Å². The van der Waals surface area contributed by atoms with Crippen LogP contribution in [-0.4, -0.2) is 11.9 Å². The van der Waals surface area contributed by atoms with Crippen LogP contribution in [-0.2, 0) is 4.79 Å². The molecule has 14 heavy (non-hydrogen) atoms. The second kappa shape index (κ2) is 4.33. The Morgan fingerprint density at radius 2 is 1.79 bits per heavy atom. The molecule has 2 aliphatic rings. The Bertz CT molecular complexity index is 202. The minimum atomic E-state index is 0.324. The number of carbonyl (C=O) groups is 1. The molecule has 2 rings (SSSR count). The van der Waals surface area contributed by atoms with E-state index in [1.165, 1.54) is 32.1 Å². The normalized spacial score (nSPS) is 32.6. The summed E-state index contributed by atoms with van der Waals surface area (Å²) in [7, 11) is 0. The van der Waals surface area contributed by atoms with Crippen LogP contribution in [0.2, 0.25) is 0 Å². The van der Waals surface area contributed by atoms with E-state index in [0.29, 0.717) is 17.9 Å². The number of amides is 1. The van der Waals surface area contributed by atoms with Crippen LogP contribution in [0.15, 0.2) is 0 Å². The maximum atomic E-state index is 11.5. The van der Waals surface area contributed by atoms with E-state index in [1.807, 2.05) is 0 Å². The summed E-state index contributed by atoms with van der Waals surface area (Å²) in [5.41, 5.74) is 0. The van der Waals surface area contributed by atoms with Gasteiger partial charge in [0.1, 0.15) is 0 Å². The Hall–Kier alpha value is -0.530. The van der Waals surface area contributed by atoms with Crippen LogP contribution in [0, 0.1) is 11.8 Å². The zero-order valence-electron chi connectivity index (χ0n) is 9.09. The molecule has 1 N–H and O–H groups in total. The zero-order valence-corrected chi connectivity index (χ0v) is 9.09. The van der Waals surface area contributed by atoms with Gasteiger partial charge in [0, 0.05) is 12.0 Å². The fourth-order valence-corrected chi connectivity index (χ4v) is 2.38. The molecule has 0 radical (unpaired) electrons. The molecule has 0 aromatic carbocycles. The Balaban J connectivity index is 1.69. The van der Waals surface area contributed by atoms with Crippen molar-refractivity contribution >= 4 is 5.91 Å². The SMILES string of the molecule is CC[C@H]1CC[C@@H](NC(=O)C2CC2)CC1. The summed E-state index contributed by atoms with van der Waals surface area (Å²) >= 11 is 0. The molecular formula is C12H21NO. The third-order valence-electron chi connectivity index (χ3n) is 3.72. The Morgan fingerprint density at radius 3 is 2.29 bits per heavy atom. The first-order chi connectivity index (χ1) is 6.79. The first-order valence-electron chi connectivity index (χ1n) is 6.10. The maximum Gasteiger partial charge on any atom is 0.223 e. The van der Waals surface area contributed by atoms with E-state index in [0.717, 1.165) is 18.8 Å². The summed E-state index contributed by atoms with van der Waals surface area (Å²) in [4.78, 5) is 11.5. The zero-order chi connectivity index (χ0) is 9.97. The molecule has 0 aromatic heterocycles. The predicted molar refractivity (Wildman–Crippen MR) is 56.9 cm³/mol. The standard InChI is InChI=1S/C12H21NO/c1-2-9-3-7-11(8-4-9)13-12(14)10-5-6-10/h9-11H,2-8H2,1H3,(H,13,14)/t9-,11+. The van der Waals surface area contributed by atoms with Crippen LogP contribution >= 0.6 is 0 Å². The highest BCUT2D eigenvalue weighted by Gasteiger charge is 2.31. The third kappa shape index (κ3) is 2.49. The third-order valence-corrected chi connectivity index (χ3v) is 3.72. The van der Waals surface area contributed by atoms with Gasteiger partial charge in [-0.05, 0) is 44.4 Å². The Kier molecular flexibility index (Phi) is 3.09. The minimum Gasteiger partial charge on any atom is -0.353 e. The smallest absolute Gasteiger partial charge is 0.223 e. The van der Waals surface area contributed by atoms with Gasteiger partial charge in [-0.2, -0.15) is 0 Å². The molecule has 0 spiro atoms. The van der Waals surface area contributed by atoms with E-state index >= 15 is 0 Å². The van der Waals surface area contributed by atoms with Crippen LogP contribution in [0.3, 0.4) is 0 Å². The van der Waals surface area contributed by atoms with Gasteiger partial charge in [-0.1, -0.05) is 13.3 Å². The molecule has 1 amide bonds. The molecule has 0 bridgehead atoms. The lowest BCUT2D eigenvalue weighted by atomic mass is 9.84. The summed E-state index contributed by atoms with van der Waals surface area (Å²) in [6.07, 6.45) is 8.59. The number of hydrogen-bond acceptors (Lipinski definition) is 1. The highest BCUT2D eigenvalue weighted by atomic mass is 16.2. The van der Waals surface area contributed by atoms with Crippen LogP contribution in [0.5, 0.6) is 0 Å². The molecule has 0 aliphatic heterocycles. The first kappa shape index (κ1) is 10.0. The van der Waals surface area contributed by atoms with E-state index in [4.69, 9.17) is 0 Å². The largest absolute Gasteiger partial charge is 0.353 e. The summed E-state index contributed by atoms with van der Waals surface area (Å²) in [6.45, 7) is 2.27. The van der Waals surface area contributed by atoms with E-state index in [-0.39, 0.29) is 0 Å². The lowest BCUT2D eigenvalue weighted by molar-refractivity contribution is -0.123. The van der Waals surface area contributed by atoms with Crippen molar-refractivity contribution in [3.63, 3.8) is 0 Å². The summed E-state index contributed by atoms with van der Waals surface area (Å²) in [5, 5.41) is 3.19. The summed E-state index contributed by atoms with van der Waals surface area (Å²) in [5.74, 6) is 1.62. The summed E-state index contributed by atoms with van der Waals surface area (Å²) in [6, 6.07) is 0.492. The van der Waals surface area contributed by atoms with Crippen molar-refractivity contribution in [1.29, 1.82) is 0 Å². The predicted octanol–water partition coefficient (Wildman–Crippen LogP) is 2.48. The second-order valence-electron chi connectivity index (χ2n) is 4.91. The van der Waals surface area contributed by atoms with E-state index in [2.05, 4.69) is 12.2 Å². The summed E-state index contributed by atoms with van der Waals surface area (Å²) < 4.78 is 0. The van der Waals surface area contributed by atoms with Crippen molar-refractivity contribution in [1.82, 2.24) is 5.32 Å². The molecule has 2 saturated carbocycles. The van der Waals surface area contributed by atoms with Gasteiger partial charge >= 0.3 is 0 Å². The van der Waals surface area contributed by atoms with E-state index < -0.39 is 0 Å². The number of rotatable bonds is 3. The van der Waals surface area contributed by atoms with E-state index in [9.17, 15) is 4.79 Å². The Morgan fingerprint density at radius 1 is 1.14 bits per heavy atom. The maximum absolute atomic E-state index is 11.5. The molecule has 0 heterocycles. The van der Waals surface area contributed by atoms with Gasteiger partial charge in [0.25, 0.3) is 0 Å². The molecule has 0 atom stereocenters. The van der Waals surface area contributed by atoms with Gasteiger partial charge in [0.15, 0.2) is 0 Å². The molecule has 0 unspecified atom stereocenters. The molecule has 80 valence electrons. The van der Waals surface area contributed by atoms with Crippen molar-refractivity contribution in [3.05, 3.63) is 0 Å². The minimum absolute atomic E-state index is 0.324. The highest BCUT2D eigenvalue weighted by molar-refractivity contribution is 5.81. The van der Waals surface area contributed by atoms with Gasteiger partial charge in [0.05, 0.1) is 0 Å². The molecule has 2 nitrogen and oxygen atoms in total. The molecule has 2 fully saturated rings. The van der Waals surface area contributed by atoms with Crippen molar-refractivity contribution in [3.8, 4) is 0 Å². The lowest BCUT2D eigenvalue weighted by Gasteiger charge is -2.28. The van der Waals surface area contributed by atoms with Gasteiger partial charge in [0.2, 0.25) is 5.91 Å². The highest BCUT2D eigenvalue weighted by Crippen LogP contribution is 2.31. The molecule has 2 aliphatic carbocycles. The van der Waals surface area contributed by atoms with Crippen molar-refractivity contribution in [2.24, 2.45) is 11.8 Å².